The first-order valence-corrected chi connectivity index (χ1v) is 6.64. The van der Waals surface area contributed by atoms with E-state index in [1.54, 1.807) is 23.0 Å². The van der Waals surface area contributed by atoms with E-state index in [2.05, 4.69) is 15.7 Å². The van der Waals surface area contributed by atoms with Crippen LogP contribution in [0.25, 0.3) is 0 Å². The molecule has 6 nitrogen and oxygen atoms in total. The number of aryl methyl sites for hydroxylation is 2. The number of hydrogen-bond acceptors (Lipinski definition) is 3. The summed E-state index contributed by atoms with van der Waals surface area (Å²) in [6.07, 6.45) is 1.81. The Kier molecular flexibility index (Phi) is 4.71. The van der Waals surface area contributed by atoms with E-state index in [-0.39, 0.29) is 18.4 Å². The molecule has 2 aromatic rings. The maximum atomic E-state index is 11.8. The summed E-state index contributed by atoms with van der Waals surface area (Å²) in [5, 5.41) is 9.43. The zero-order chi connectivity index (χ0) is 15.2. The third kappa shape index (κ3) is 4.45. The van der Waals surface area contributed by atoms with Gasteiger partial charge in [0.2, 0.25) is 5.91 Å². The summed E-state index contributed by atoms with van der Waals surface area (Å²) in [6, 6.07) is 9.00. The first kappa shape index (κ1) is 14.8. The third-order valence-corrected chi connectivity index (χ3v) is 2.96. The molecule has 2 rings (SSSR count). The Hall–Kier alpha value is -2.63. The Balaban J connectivity index is 1.75. The van der Waals surface area contributed by atoms with Crippen LogP contribution in [0.3, 0.4) is 0 Å². The van der Waals surface area contributed by atoms with Crippen molar-refractivity contribution in [3.05, 3.63) is 53.3 Å². The number of carbonyl (C=O) groups is 2. The fourth-order valence-electron chi connectivity index (χ4n) is 1.78. The van der Waals surface area contributed by atoms with Gasteiger partial charge in [-0.1, -0.05) is 17.7 Å². The molecule has 110 valence electrons. The average Bonchev–Trinajstić information content (AvgIpc) is 2.89. The zero-order valence-corrected chi connectivity index (χ0v) is 12.1. The van der Waals surface area contributed by atoms with E-state index in [0.717, 1.165) is 11.3 Å². The lowest BCUT2D eigenvalue weighted by Crippen LogP contribution is -2.36. The van der Waals surface area contributed by atoms with Gasteiger partial charge >= 0.3 is 0 Å². The van der Waals surface area contributed by atoms with Crippen LogP contribution in [0.1, 0.15) is 21.6 Å². The molecule has 1 aromatic carbocycles. The van der Waals surface area contributed by atoms with Crippen LogP contribution in [0.5, 0.6) is 0 Å². The fourth-order valence-corrected chi connectivity index (χ4v) is 1.78. The SMILES string of the molecule is Cc1ccc(C(=O)NCC(=O)NCc2ccn(C)n2)cc1. The normalized spacial score (nSPS) is 10.2. The minimum Gasteiger partial charge on any atom is -0.349 e. The summed E-state index contributed by atoms with van der Waals surface area (Å²) in [5.41, 5.74) is 2.40. The van der Waals surface area contributed by atoms with Crippen molar-refractivity contribution in [1.29, 1.82) is 0 Å². The lowest BCUT2D eigenvalue weighted by atomic mass is 10.1. The molecule has 2 amide bonds. The van der Waals surface area contributed by atoms with Crippen molar-refractivity contribution in [3.63, 3.8) is 0 Å². The second-order valence-electron chi connectivity index (χ2n) is 4.81. The molecular formula is C15H18N4O2. The van der Waals surface area contributed by atoms with Crippen LogP contribution in [-0.4, -0.2) is 28.1 Å². The van der Waals surface area contributed by atoms with Crippen LogP contribution in [0, 0.1) is 6.92 Å². The van der Waals surface area contributed by atoms with E-state index in [0.29, 0.717) is 12.1 Å². The van der Waals surface area contributed by atoms with Crippen LogP contribution in [0.15, 0.2) is 36.5 Å². The van der Waals surface area contributed by atoms with Crippen molar-refractivity contribution in [2.24, 2.45) is 7.05 Å². The van der Waals surface area contributed by atoms with Crippen LogP contribution >= 0.6 is 0 Å². The summed E-state index contributed by atoms with van der Waals surface area (Å²) in [4.78, 5) is 23.5. The van der Waals surface area contributed by atoms with E-state index in [1.165, 1.54) is 0 Å². The predicted molar refractivity (Wildman–Crippen MR) is 78.6 cm³/mol. The highest BCUT2D eigenvalue weighted by molar-refractivity contribution is 5.96. The molecule has 0 saturated heterocycles. The number of benzene rings is 1. The first-order valence-electron chi connectivity index (χ1n) is 6.64. The molecule has 6 heteroatoms. The van der Waals surface area contributed by atoms with Gasteiger partial charge in [0.05, 0.1) is 18.8 Å². The molecule has 0 atom stereocenters. The Bertz CT molecular complexity index is 631. The van der Waals surface area contributed by atoms with E-state index in [4.69, 9.17) is 0 Å². The Morgan fingerprint density at radius 2 is 1.86 bits per heavy atom. The zero-order valence-electron chi connectivity index (χ0n) is 12.1. The van der Waals surface area contributed by atoms with E-state index in [9.17, 15) is 9.59 Å². The van der Waals surface area contributed by atoms with Crippen LogP contribution in [0.2, 0.25) is 0 Å². The third-order valence-electron chi connectivity index (χ3n) is 2.96. The molecule has 1 aromatic heterocycles. The van der Waals surface area contributed by atoms with Crippen molar-refractivity contribution in [2.45, 2.75) is 13.5 Å². The molecule has 0 saturated carbocycles. The van der Waals surface area contributed by atoms with Gasteiger partial charge < -0.3 is 10.6 Å². The number of nitrogens with zero attached hydrogens (tertiary/aromatic N) is 2. The predicted octanol–water partition coefficient (Wildman–Crippen LogP) is 0.775. The van der Waals surface area contributed by atoms with Gasteiger partial charge in [0.1, 0.15) is 0 Å². The number of hydrogen-bond donors (Lipinski definition) is 2. The van der Waals surface area contributed by atoms with E-state index in [1.807, 2.05) is 32.2 Å². The number of aromatic nitrogens is 2. The van der Waals surface area contributed by atoms with Crippen molar-refractivity contribution < 1.29 is 9.59 Å². The minimum atomic E-state index is -0.261. The topological polar surface area (TPSA) is 76.0 Å². The standard InChI is InChI=1S/C15H18N4O2/c1-11-3-5-12(6-4-11)15(21)17-10-14(20)16-9-13-7-8-19(2)18-13/h3-8H,9-10H2,1-2H3,(H,16,20)(H,17,21). The quantitative estimate of drug-likeness (QED) is 0.852. The van der Waals surface area contributed by atoms with Crippen molar-refractivity contribution in [1.82, 2.24) is 20.4 Å². The average molecular weight is 286 g/mol. The van der Waals surface area contributed by atoms with E-state index < -0.39 is 0 Å². The van der Waals surface area contributed by atoms with Gasteiger partial charge in [-0.05, 0) is 25.1 Å². The monoisotopic (exact) mass is 286 g/mol. The molecule has 21 heavy (non-hydrogen) atoms. The summed E-state index contributed by atoms with van der Waals surface area (Å²) < 4.78 is 1.67. The number of amides is 2. The van der Waals surface area contributed by atoms with Gasteiger partial charge in [-0.2, -0.15) is 5.10 Å². The second kappa shape index (κ2) is 6.69. The number of nitrogens with one attached hydrogen (secondary N) is 2. The molecule has 0 aliphatic carbocycles. The lowest BCUT2D eigenvalue weighted by Gasteiger charge is -2.06. The van der Waals surface area contributed by atoms with Crippen molar-refractivity contribution in [3.8, 4) is 0 Å². The van der Waals surface area contributed by atoms with Gasteiger partial charge in [-0.3, -0.25) is 14.3 Å². The Morgan fingerprint density at radius 3 is 2.48 bits per heavy atom. The molecule has 0 spiro atoms. The molecule has 0 bridgehead atoms. The van der Waals surface area contributed by atoms with Crippen LogP contribution in [0.4, 0.5) is 0 Å². The Labute approximate surface area is 123 Å². The summed E-state index contributed by atoms with van der Waals surface area (Å²) in [7, 11) is 1.81. The van der Waals surface area contributed by atoms with E-state index >= 15 is 0 Å². The minimum absolute atomic E-state index is 0.0560. The van der Waals surface area contributed by atoms with Gasteiger partial charge in [0.15, 0.2) is 0 Å². The van der Waals surface area contributed by atoms with Gasteiger partial charge in [-0.15, -0.1) is 0 Å². The second-order valence-corrected chi connectivity index (χ2v) is 4.81. The molecule has 0 radical (unpaired) electrons. The Morgan fingerprint density at radius 1 is 1.14 bits per heavy atom. The molecule has 0 fully saturated rings. The highest BCUT2D eigenvalue weighted by atomic mass is 16.2. The van der Waals surface area contributed by atoms with Gasteiger partial charge in [0, 0.05) is 18.8 Å². The maximum absolute atomic E-state index is 11.8. The highest BCUT2D eigenvalue weighted by Crippen LogP contribution is 2.02. The van der Waals surface area contributed by atoms with Gasteiger partial charge in [0.25, 0.3) is 5.91 Å². The molecule has 0 aliphatic heterocycles. The van der Waals surface area contributed by atoms with Crippen molar-refractivity contribution >= 4 is 11.8 Å². The van der Waals surface area contributed by atoms with Crippen LogP contribution < -0.4 is 10.6 Å². The smallest absolute Gasteiger partial charge is 0.251 e. The van der Waals surface area contributed by atoms with Gasteiger partial charge in [-0.25, -0.2) is 0 Å². The lowest BCUT2D eigenvalue weighted by molar-refractivity contribution is -0.120. The summed E-state index contributed by atoms with van der Waals surface area (Å²) in [6.45, 7) is 2.24. The van der Waals surface area contributed by atoms with Crippen LogP contribution in [-0.2, 0) is 18.4 Å². The molecule has 1 heterocycles. The number of rotatable bonds is 5. The number of carbonyl (C=O) groups excluding carboxylic acids is 2. The molecule has 0 unspecified atom stereocenters. The molecule has 0 aliphatic rings. The highest BCUT2D eigenvalue weighted by Gasteiger charge is 2.08. The van der Waals surface area contributed by atoms with Crippen molar-refractivity contribution in [2.75, 3.05) is 6.54 Å². The molecular weight excluding hydrogens is 268 g/mol. The molecule has 2 N–H and O–H groups in total. The maximum Gasteiger partial charge on any atom is 0.251 e. The fraction of sp³-hybridized carbons (Fsp3) is 0.267. The summed E-state index contributed by atoms with van der Waals surface area (Å²) >= 11 is 0. The largest absolute Gasteiger partial charge is 0.349 e. The summed E-state index contributed by atoms with van der Waals surface area (Å²) in [5.74, 6) is -0.510. The first-order chi connectivity index (χ1) is 10.0.